The summed E-state index contributed by atoms with van der Waals surface area (Å²) >= 11 is 1.57. The first-order valence-corrected chi connectivity index (χ1v) is 8.70. The van der Waals surface area contributed by atoms with Crippen molar-refractivity contribution < 1.29 is 8.42 Å². The van der Waals surface area contributed by atoms with Crippen LogP contribution in [-0.2, 0) is 15.4 Å². The second-order valence-electron chi connectivity index (χ2n) is 5.19. The lowest BCUT2D eigenvalue weighted by Gasteiger charge is -2.22. The molecule has 0 bridgehead atoms. The maximum Gasteiger partial charge on any atom is 0.152 e. The van der Waals surface area contributed by atoms with E-state index in [1.807, 2.05) is 24.4 Å². The maximum absolute atomic E-state index is 11.7. The molecule has 0 spiro atoms. The van der Waals surface area contributed by atoms with Crippen LogP contribution in [0.4, 0.5) is 5.69 Å². The highest BCUT2D eigenvalue weighted by Gasteiger charge is 2.41. The minimum absolute atomic E-state index is 0.130. The van der Waals surface area contributed by atoms with Gasteiger partial charge in [-0.25, -0.2) is 8.42 Å². The highest BCUT2D eigenvalue weighted by atomic mass is 32.2. The van der Waals surface area contributed by atoms with Crippen molar-refractivity contribution in [3.63, 3.8) is 0 Å². The van der Waals surface area contributed by atoms with Crippen LogP contribution in [0.1, 0.15) is 13.3 Å². The number of hydrogen-bond acceptors (Lipinski definition) is 5. The van der Waals surface area contributed by atoms with Crippen molar-refractivity contribution in [2.24, 2.45) is 0 Å². The Morgan fingerprint density at radius 1 is 1.53 bits per heavy atom. The third-order valence-corrected chi connectivity index (χ3v) is 6.30. The number of thiophene rings is 1. The third kappa shape index (κ3) is 2.17. The molecule has 0 radical (unpaired) electrons. The molecule has 0 aromatic carbocycles. The van der Waals surface area contributed by atoms with E-state index in [-0.39, 0.29) is 11.5 Å². The number of sulfone groups is 1. The summed E-state index contributed by atoms with van der Waals surface area (Å²) < 4.78 is 25.1. The van der Waals surface area contributed by atoms with Gasteiger partial charge in [0.2, 0.25) is 0 Å². The Hall–Kier alpha value is -1.34. The van der Waals surface area contributed by atoms with Gasteiger partial charge in [0.25, 0.3) is 0 Å². The summed E-state index contributed by atoms with van der Waals surface area (Å²) in [5.41, 5.74) is 6.84. The van der Waals surface area contributed by atoms with Crippen LogP contribution in [0.25, 0.3) is 10.6 Å². The first-order valence-electron chi connectivity index (χ1n) is 6.00. The average molecular weight is 297 g/mol. The van der Waals surface area contributed by atoms with E-state index in [1.54, 1.807) is 22.2 Å². The number of rotatable bonds is 2. The molecule has 3 heterocycles. The lowest BCUT2D eigenvalue weighted by Crippen LogP contribution is -2.31. The Labute approximate surface area is 116 Å². The zero-order valence-electron chi connectivity index (χ0n) is 10.5. The zero-order valence-corrected chi connectivity index (χ0v) is 12.2. The van der Waals surface area contributed by atoms with Gasteiger partial charge in [0.1, 0.15) is 5.69 Å². The molecule has 1 saturated heterocycles. The topological polar surface area (TPSA) is 78.0 Å². The normalized spacial score (nSPS) is 25.7. The Morgan fingerprint density at radius 3 is 2.89 bits per heavy atom. The van der Waals surface area contributed by atoms with Gasteiger partial charge < -0.3 is 5.73 Å². The van der Waals surface area contributed by atoms with Crippen LogP contribution >= 0.6 is 11.3 Å². The van der Waals surface area contributed by atoms with Gasteiger partial charge in [0.05, 0.1) is 27.6 Å². The van der Waals surface area contributed by atoms with E-state index in [9.17, 15) is 8.42 Å². The molecule has 0 aliphatic carbocycles. The fraction of sp³-hybridized carbons (Fsp3) is 0.417. The van der Waals surface area contributed by atoms with E-state index in [0.717, 1.165) is 10.6 Å². The Balaban J connectivity index is 2.02. The van der Waals surface area contributed by atoms with E-state index in [1.165, 1.54) is 0 Å². The van der Waals surface area contributed by atoms with Gasteiger partial charge in [-0.3, -0.25) is 4.68 Å². The molecule has 1 atom stereocenters. The van der Waals surface area contributed by atoms with E-state index in [2.05, 4.69) is 5.10 Å². The first-order chi connectivity index (χ1) is 8.90. The lowest BCUT2D eigenvalue weighted by molar-refractivity contribution is 0.329. The molecule has 5 nitrogen and oxygen atoms in total. The Kier molecular flexibility index (Phi) is 2.72. The highest BCUT2D eigenvalue weighted by molar-refractivity contribution is 7.91. The fourth-order valence-corrected chi connectivity index (χ4v) is 5.29. The van der Waals surface area contributed by atoms with Crippen molar-refractivity contribution in [2.75, 3.05) is 17.2 Å². The summed E-state index contributed by atoms with van der Waals surface area (Å²) in [5, 5.41) is 6.48. The van der Waals surface area contributed by atoms with Crippen LogP contribution in [0.3, 0.4) is 0 Å². The van der Waals surface area contributed by atoms with Gasteiger partial charge in [-0.15, -0.1) is 11.3 Å². The molecule has 0 amide bonds. The fourth-order valence-electron chi connectivity index (χ4n) is 2.44. The van der Waals surface area contributed by atoms with Gasteiger partial charge in [-0.1, -0.05) is 6.07 Å². The van der Waals surface area contributed by atoms with E-state index >= 15 is 0 Å². The molecular weight excluding hydrogens is 282 g/mol. The summed E-state index contributed by atoms with van der Waals surface area (Å²) in [6.07, 6.45) is 2.33. The molecule has 102 valence electrons. The summed E-state index contributed by atoms with van der Waals surface area (Å²) in [4.78, 5) is 1.00. The minimum Gasteiger partial charge on any atom is -0.396 e. The second-order valence-corrected chi connectivity index (χ2v) is 8.33. The van der Waals surface area contributed by atoms with Gasteiger partial charge >= 0.3 is 0 Å². The van der Waals surface area contributed by atoms with Crippen molar-refractivity contribution in [3.05, 3.63) is 23.7 Å². The molecular formula is C12H15N3O2S2. The van der Waals surface area contributed by atoms with Crippen LogP contribution in [0, 0.1) is 0 Å². The number of nitrogens with zero attached hydrogens (tertiary/aromatic N) is 2. The van der Waals surface area contributed by atoms with Crippen LogP contribution in [0.15, 0.2) is 23.7 Å². The minimum atomic E-state index is -2.96. The van der Waals surface area contributed by atoms with Crippen LogP contribution in [-0.4, -0.2) is 29.7 Å². The van der Waals surface area contributed by atoms with Crippen molar-refractivity contribution >= 4 is 26.9 Å². The summed E-state index contributed by atoms with van der Waals surface area (Å²) in [6.45, 7) is 1.92. The van der Waals surface area contributed by atoms with Crippen LogP contribution in [0.5, 0.6) is 0 Å². The number of anilines is 1. The standard InChI is InChI=1S/C12H15N3O2S2/c1-12(4-6-19(16,17)8-12)15-7-9(13)11(14-15)10-3-2-5-18-10/h2-3,5,7H,4,6,8,13H2,1H3. The molecule has 0 saturated carbocycles. The average Bonchev–Trinajstić information content (AvgIpc) is 2.98. The van der Waals surface area contributed by atoms with Crippen molar-refractivity contribution in [1.29, 1.82) is 0 Å². The smallest absolute Gasteiger partial charge is 0.152 e. The van der Waals surface area contributed by atoms with Crippen molar-refractivity contribution in [2.45, 2.75) is 18.9 Å². The van der Waals surface area contributed by atoms with Gasteiger partial charge in [-0.2, -0.15) is 5.10 Å². The van der Waals surface area contributed by atoms with Gasteiger partial charge in [0.15, 0.2) is 9.84 Å². The first kappa shape index (κ1) is 12.7. The maximum atomic E-state index is 11.7. The monoisotopic (exact) mass is 297 g/mol. The largest absolute Gasteiger partial charge is 0.396 e. The Bertz CT molecular complexity index is 703. The van der Waals surface area contributed by atoms with Crippen molar-refractivity contribution in [1.82, 2.24) is 9.78 Å². The quantitative estimate of drug-likeness (QED) is 0.915. The van der Waals surface area contributed by atoms with Crippen LogP contribution in [0.2, 0.25) is 0 Å². The molecule has 2 aromatic heterocycles. The lowest BCUT2D eigenvalue weighted by atomic mass is 10.0. The molecule has 2 N–H and O–H groups in total. The SMILES string of the molecule is CC1(n2cc(N)c(-c3cccs3)n2)CCS(=O)(=O)C1. The highest BCUT2D eigenvalue weighted by Crippen LogP contribution is 2.34. The van der Waals surface area contributed by atoms with Crippen molar-refractivity contribution in [3.8, 4) is 10.6 Å². The molecule has 1 aliphatic rings. The number of hydrogen-bond donors (Lipinski definition) is 1. The van der Waals surface area contributed by atoms with Gasteiger partial charge in [-0.05, 0) is 24.8 Å². The van der Waals surface area contributed by atoms with E-state index in [4.69, 9.17) is 5.73 Å². The summed E-state index contributed by atoms with van der Waals surface area (Å²) in [7, 11) is -2.96. The molecule has 19 heavy (non-hydrogen) atoms. The molecule has 1 fully saturated rings. The number of nitrogen functional groups attached to an aromatic ring is 1. The molecule has 2 aromatic rings. The third-order valence-electron chi connectivity index (χ3n) is 3.53. The molecule has 1 unspecified atom stereocenters. The van der Waals surface area contributed by atoms with Crippen LogP contribution < -0.4 is 5.73 Å². The molecule has 3 rings (SSSR count). The second kappa shape index (κ2) is 4.08. The number of nitrogens with two attached hydrogens (primary N) is 1. The van der Waals surface area contributed by atoms with E-state index in [0.29, 0.717) is 12.1 Å². The summed E-state index contributed by atoms with van der Waals surface area (Å²) in [5.74, 6) is 0.350. The number of aromatic nitrogens is 2. The Morgan fingerprint density at radius 2 is 2.32 bits per heavy atom. The molecule has 1 aliphatic heterocycles. The summed E-state index contributed by atoms with van der Waals surface area (Å²) in [6, 6.07) is 3.90. The zero-order chi connectivity index (χ0) is 13.7. The molecule has 7 heteroatoms. The predicted molar refractivity (Wildman–Crippen MR) is 76.9 cm³/mol. The van der Waals surface area contributed by atoms with E-state index < -0.39 is 15.4 Å². The predicted octanol–water partition coefficient (Wildman–Crippen LogP) is 1.73. The van der Waals surface area contributed by atoms with Gasteiger partial charge in [0, 0.05) is 6.20 Å².